The van der Waals surface area contributed by atoms with E-state index < -0.39 is 12.0 Å². The zero-order valence-corrected chi connectivity index (χ0v) is 12.0. The van der Waals surface area contributed by atoms with Crippen molar-refractivity contribution in [2.45, 2.75) is 38.3 Å². The Balaban J connectivity index is 2.62. The maximum Gasteiger partial charge on any atom is 0.333 e. The second-order valence-corrected chi connectivity index (χ2v) is 4.80. The molecule has 0 radical (unpaired) electrons. The first-order valence-corrected chi connectivity index (χ1v) is 6.72. The van der Waals surface area contributed by atoms with Gasteiger partial charge in [0.05, 0.1) is 7.11 Å². The van der Waals surface area contributed by atoms with Gasteiger partial charge in [-0.05, 0) is 25.3 Å². The van der Waals surface area contributed by atoms with Gasteiger partial charge in [0.2, 0.25) is 5.91 Å². The zero-order valence-electron chi connectivity index (χ0n) is 12.0. The van der Waals surface area contributed by atoms with Crippen LogP contribution in [0.1, 0.15) is 37.8 Å². The molecule has 0 fully saturated rings. The minimum absolute atomic E-state index is 0.0772. The van der Waals surface area contributed by atoms with Crippen molar-refractivity contribution in [2.24, 2.45) is 5.73 Å². The largest absolute Gasteiger partial charge is 0.467 e. The average Bonchev–Trinajstić information content (AvgIpc) is 2.44. The predicted molar refractivity (Wildman–Crippen MR) is 76.8 cm³/mol. The molecule has 5 heteroatoms. The number of amides is 1. The fourth-order valence-electron chi connectivity index (χ4n) is 1.86. The van der Waals surface area contributed by atoms with E-state index in [0.29, 0.717) is 18.4 Å². The number of carbonyl (C=O) groups is 2. The van der Waals surface area contributed by atoms with Crippen molar-refractivity contribution in [3.05, 3.63) is 35.9 Å². The van der Waals surface area contributed by atoms with Crippen LogP contribution in [0.5, 0.6) is 0 Å². The van der Waals surface area contributed by atoms with Crippen LogP contribution in [-0.4, -0.2) is 25.0 Å². The fraction of sp³-hybridized carbons (Fsp3) is 0.467. The van der Waals surface area contributed by atoms with Gasteiger partial charge in [-0.15, -0.1) is 0 Å². The van der Waals surface area contributed by atoms with Crippen LogP contribution < -0.4 is 11.1 Å². The number of hydrogen-bond donors (Lipinski definition) is 2. The summed E-state index contributed by atoms with van der Waals surface area (Å²) in [6.07, 6.45) is 1.83. The molecular weight excluding hydrogens is 256 g/mol. The molecule has 0 saturated carbocycles. The molecule has 110 valence electrons. The Bertz CT molecular complexity index is 432. The number of esters is 1. The third-order valence-corrected chi connectivity index (χ3v) is 2.94. The van der Waals surface area contributed by atoms with Gasteiger partial charge in [-0.25, -0.2) is 4.79 Å². The lowest BCUT2D eigenvalue weighted by atomic mass is 10.1. The van der Waals surface area contributed by atoms with Gasteiger partial charge in [-0.2, -0.15) is 0 Å². The van der Waals surface area contributed by atoms with Gasteiger partial charge in [0.15, 0.2) is 6.04 Å². The summed E-state index contributed by atoms with van der Waals surface area (Å²) in [6, 6.07) is 8.36. The van der Waals surface area contributed by atoms with E-state index in [1.165, 1.54) is 7.11 Å². The number of benzene rings is 1. The van der Waals surface area contributed by atoms with Crippen molar-refractivity contribution in [3.63, 3.8) is 0 Å². The van der Waals surface area contributed by atoms with E-state index in [1.807, 2.05) is 25.1 Å². The number of carbonyl (C=O) groups excluding carboxylic acids is 2. The van der Waals surface area contributed by atoms with Gasteiger partial charge in [0, 0.05) is 12.5 Å². The highest BCUT2D eigenvalue weighted by molar-refractivity contribution is 5.85. The number of nitrogens with one attached hydrogen (secondary N) is 1. The average molecular weight is 278 g/mol. The lowest BCUT2D eigenvalue weighted by Crippen LogP contribution is -2.34. The molecule has 0 spiro atoms. The summed E-state index contributed by atoms with van der Waals surface area (Å²) in [7, 11) is 1.31. The number of nitrogens with two attached hydrogens (primary N) is 1. The Hall–Kier alpha value is -1.88. The molecule has 0 saturated heterocycles. The summed E-state index contributed by atoms with van der Waals surface area (Å²) in [5.41, 5.74) is 6.34. The molecule has 3 N–H and O–H groups in total. The second kappa shape index (κ2) is 8.32. The first kappa shape index (κ1) is 16.2. The lowest BCUT2D eigenvalue weighted by molar-refractivity contribution is -0.145. The summed E-state index contributed by atoms with van der Waals surface area (Å²) < 4.78 is 4.74. The highest BCUT2D eigenvalue weighted by Crippen LogP contribution is 2.14. The van der Waals surface area contributed by atoms with Gasteiger partial charge >= 0.3 is 5.97 Å². The molecule has 0 aromatic heterocycles. The summed E-state index contributed by atoms with van der Waals surface area (Å²) in [5.74, 6) is -0.651. The van der Waals surface area contributed by atoms with E-state index in [-0.39, 0.29) is 11.9 Å². The Morgan fingerprint density at radius 3 is 2.50 bits per heavy atom. The van der Waals surface area contributed by atoms with E-state index in [9.17, 15) is 9.59 Å². The Kier molecular flexibility index (Phi) is 6.73. The Labute approximate surface area is 119 Å². The highest BCUT2D eigenvalue weighted by Gasteiger charge is 2.22. The molecule has 1 amide bonds. The molecule has 5 nitrogen and oxygen atoms in total. The maximum atomic E-state index is 11.9. The second-order valence-electron chi connectivity index (χ2n) is 4.80. The maximum absolute atomic E-state index is 11.9. The third kappa shape index (κ3) is 5.40. The minimum Gasteiger partial charge on any atom is -0.467 e. The van der Waals surface area contributed by atoms with Crippen LogP contribution in [0.3, 0.4) is 0 Å². The Morgan fingerprint density at radius 1 is 1.30 bits per heavy atom. The van der Waals surface area contributed by atoms with Crippen molar-refractivity contribution in [2.75, 3.05) is 7.11 Å². The topological polar surface area (TPSA) is 81.4 Å². The molecule has 1 aromatic rings. The van der Waals surface area contributed by atoms with Crippen LogP contribution in [0, 0.1) is 0 Å². The molecule has 0 aliphatic carbocycles. The standard InChI is InChI=1S/C15H22N2O3/c1-11(16)7-6-10-13(18)17-14(15(19)20-2)12-8-4-3-5-9-12/h3-5,8-9,11,14H,6-7,10,16H2,1-2H3,(H,17,18). The van der Waals surface area contributed by atoms with Gasteiger partial charge < -0.3 is 15.8 Å². The van der Waals surface area contributed by atoms with Crippen molar-refractivity contribution < 1.29 is 14.3 Å². The van der Waals surface area contributed by atoms with Crippen LogP contribution in [-0.2, 0) is 14.3 Å². The normalized spacial score (nSPS) is 13.3. The molecule has 2 atom stereocenters. The number of rotatable bonds is 7. The van der Waals surface area contributed by atoms with Crippen LogP contribution in [0.15, 0.2) is 30.3 Å². The zero-order chi connectivity index (χ0) is 15.0. The summed E-state index contributed by atoms with van der Waals surface area (Å²) in [4.78, 5) is 23.6. The van der Waals surface area contributed by atoms with E-state index in [1.54, 1.807) is 12.1 Å². The number of hydrogen-bond acceptors (Lipinski definition) is 4. The molecule has 0 aliphatic heterocycles. The molecule has 2 unspecified atom stereocenters. The quantitative estimate of drug-likeness (QED) is 0.741. The molecule has 0 heterocycles. The Morgan fingerprint density at radius 2 is 1.95 bits per heavy atom. The van der Waals surface area contributed by atoms with Crippen LogP contribution >= 0.6 is 0 Å². The van der Waals surface area contributed by atoms with E-state index in [2.05, 4.69) is 5.32 Å². The number of ether oxygens (including phenoxy) is 1. The van der Waals surface area contributed by atoms with E-state index >= 15 is 0 Å². The van der Waals surface area contributed by atoms with Gasteiger partial charge in [-0.3, -0.25) is 4.79 Å². The molecule has 0 bridgehead atoms. The van der Waals surface area contributed by atoms with Crippen molar-refractivity contribution in [1.29, 1.82) is 0 Å². The van der Waals surface area contributed by atoms with Crippen LogP contribution in [0.4, 0.5) is 0 Å². The molecule has 0 aliphatic rings. The third-order valence-electron chi connectivity index (χ3n) is 2.94. The van der Waals surface area contributed by atoms with Crippen molar-refractivity contribution in [1.82, 2.24) is 5.32 Å². The smallest absolute Gasteiger partial charge is 0.333 e. The van der Waals surface area contributed by atoms with Crippen LogP contribution in [0.25, 0.3) is 0 Å². The fourth-order valence-corrected chi connectivity index (χ4v) is 1.86. The van der Waals surface area contributed by atoms with Gasteiger partial charge in [-0.1, -0.05) is 30.3 Å². The van der Waals surface area contributed by atoms with Crippen LogP contribution in [0.2, 0.25) is 0 Å². The molecule has 1 aromatic carbocycles. The van der Waals surface area contributed by atoms with E-state index in [0.717, 1.165) is 6.42 Å². The monoisotopic (exact) mass is 278 g/mol. The summed E-state index contributed by atoms with van der Waals surface area (Å²) in [6.45, 7) is 1.90. The van der Waals surface area contributed by atoms with Gasteiger partial charge in [0.25, 0.3) is 0 Å². The summed E-state index contributed by atoms with van der Waals surface area (Å²) >= 11 is 0. The lowest BCUT2D eigenvalue weighted by Gasteiger charge is -2.17. The highest BCUT2D eigenvalue weighted by atomic mass is 16.5. The number of methoxy groups -OCH3 is 1. The van der Waals surface area contributed by atoms with Crippen molar-refractivity contribution >= 4 is 11.9 Å². The summed E-state index contributed by atoms with van der Waals surface area (Å²) in [5, 5.41) is 2.70. The molecule has 1 rings (SSSR count). The molecule has 20 heavy (non-hydrogen) atoms. The first-order chi connectivity index (χ1) is 9.54. The minimum atomic E-state index is -0.760. The van der Waals surface area contributed by atoms with E-state index in [4.69, 9.17) is 10.5 Å². The predicted octanol–water partition coefficient (Wildman–Crippen LogP) is 1.53. The first-order valence-electron chi connectivity index (χ1n) is 6.72. The van der Waals surface area contributed by atoms with Crippen molar-refractivity contribution in [3.8, 4) is 0 Å². The van der Waals surface area contributed by atoms with Gasteiger partial charge in [0.1, 0.15) is 0 Å². The SMILES string of the molecule is COC(=O)C(NC(=O)CCCC(C)N)c1ccccc1. The molecular formula is C15H22N2O3.